The molecule has 0 aliphatic rings. The average Bonchev–Trinajstić information content (AvgIpc) is 2.25. The maximum Gasteiger partial charge on any atom is 0.417 e. The molecule has 0 aliphatic carbocycles. The lowest BCUT2D eigenvalue weighted by Crippen LogP contribution is -2.13. The Morgan fingerprint density at radius 2 is 1.81 bits per heavy atom. The third-order valence-corrected chi connectivity index (χ3v) is 1.85. The van der Waals surface area contributed by atoms with Crippen molar-refractivity contribution < 1.29 is 22.7 Å². The first kappa shape index (κ1) is 12.3. The van der Waals surface area contributed by atoms with E-state index in [1.54, 1.807) is 6.07 Å². The van der Waals surface area contributed by atoms with E-state index < -0.39 is 17.7 Å². The van der Waals surface area contributed by atoms with Gasteiger partial charge in [-0.1, -0.05) is 30.3 Å². The fourth-order valence-electron chi connectivity index (χ4n) is 1.12. The molecule has 0 spiro atoms. The maximum absolute atomic E-state index is 12.6. The van der Waals surface area contributed by atoms with Gasteiger partial charge in [-0.3, -0.25) is 0 Å². The summed E-state index contributed by atoms with van der Waals surface area (Å²) in [6, 6.07) is 7.08. The predicted molar refractivity (Wildman–Crippen MR) is 52.5 cm³/mol. The molecule has 0 N–H and O–H groups in total. The van der Waals surface area contributed by atoms with E-state index in [0.717, 1.165) is 7.11 Å². The summed E-state index contributed by atoms with van der Waals surface area (Å²) < 4.78 is 42.1. The van der Waals surface area contributed by atoms with Gasteiger partial charge < -0.3 is 4.74 Å². The molecule has 0 heterocycles. The van der Waals surface area contributed by atoms with E-state index in [9.17, 15) is 18.0 Å². The molecule has 0 bridgehead atoms. The zero-order valence-electron chi connectivity index (χ0n) is 8.41. The third kappa shape index (κ3) is 3.12. The zero-order chi connectivity index (χ0) is 12.2. The van der Waals surface area contributed by atoms with Crippen molar-refractivity contribution >= 4 is 11.5 Å². The van der Waals surface area contributed by atoms with Crippen molar-refractivity contribution in [1.29, 1.82) is 0 Å². The van der Waals surface area contributed by atoms with E-state index in [1.165, 1.54) is 24.3 Å². The summed E-state index contributed by atoms with van der Waals surface area (Å²) in [5.41, 5.74) is -1.08. The number of halogens is 3. The van der Waals surface area contributed by atoms with Crippen molar-refractivity contribution in [3.63, 3.8) is 0 Å². The van der Waals surface area contributed by atoms with Crippen molar-refractivity contribution in [1.82, 2.24) is 0 Å². The number of carbonyl (C=O) groups is 1. The van der Waals surface area contributed by atoms with Crippen LogP contribution in [0.5, 0.6) is 0 Å². The van der Waals surface area contributed by atoms with E-state index in [-0.39, 0.29) is 5.56 Å². The highest BCUT2D eigenvalue weighted by Crippen LogP contribution is 2.33. The molecule has 0 radical (unpaired) electrons. The highest BCUT2D eigenvalue weighted by molar-refractivity contribution is 5.92. The topological polar surface area (TPSA) is 26.3 Å². The van der Waals surface area contributed by atoms with Crippen LogP contribution in [0.2, 0.25) is 0 Å². The number of rotatable bonds is 2. The SMILES string of the molecule is COC(=O)C=C(c1ccccc1)C(F)(F)F. The van der Waals surface area contributed by atoms with Crippen molar-refractivity contribution in [3.8, 4) is 0 Å². The van der Waals surface area contributed by atoms with Crippen LogP contribution in [0, 0.1) is 0 Å². The Morgan fingerprint density at radius 1 is 1.25 bits per heavy atom. The van der Waals surface area contributed by atoms with Gasteiger partial charge in [0.2, 0.25) is 0 Å². The molecule has 1 aromatic rings. The number of alkyl halides is 3. The molecule has 0 fully saturated rings. The Bertz CT molecular complexity index is 393. The van der Waals surface area contributed by atoms with Crippen LogP contribution in [0.3, 0.4) is 0 Å². The molecule has 1 rings (SSSR count). The minimum Gasteiger partial charge on any atom is -0.466 e. The standard InChI is InChI=1S/C11H9F3O2/c1-16-10(15)7-9(11(12,13)14)8-5-3-2-4-6-8/h2-7H,1H3. The Hall–Kier alpha value is -1.78. The molecule has 0 amide bonds. The van der Waals surface area contributed by atoms with Gasteiger partial charge in [0.15, 0.2) is 0 Å². The van der Waals surface area contributed by atoms with Gasteiger partial charge in [-0.2, -0.15) is 13.2 Å². The lowest BCUT2D eigenvalue weighted by Gasteiger charge is -2.11. The Kier molecular flexibility index (Phi) is 3.71. The predicted octanol–water partition coefficient (Wildman–Crippen LogP) is 2.81. The number of allylic oxidation sites excluding steroid dienone is 1. The summed E-state index contributed by atoms with van der Waals surface area (Å²) in [5.74, 6) is -1.03. The summed E-state index contributed by atoms with van der Waals surface area (Å²) >= 11 is 0. The van der Waals surface area contributed by atoms with E-state index >= 15 is 0 Å². The Morgan fingerprint density at radius 3 is 2.25 bits per heavy atom. The first-order chi connectivity index (χ1) is 7.45. The summed E-state index contributed by atoms with van der Waals surface area (Å²) in [6.45, 7) is 0. The van der Waals surface area contributed by atoms with Gasteiger partial charge in [0.05, 0.1) is 12.7 Å². The summed E-state index contributed by atoms with van der Waals surface area (Å²) in [5, 5.41) is 0. The first-order valence-electron chi connectivity index (χ1n) is 4.37. The molecule has 16 heavy (non-hydrogen) atoms. The van der Waals surface area contributed by atoms with E-state index in [0.29, 0.717) is 6.08 Å². The smallest absolute Gasteiger partial charge is 0.417 e. The van der Waals surface area contributed by atoms with Crippen LogP contribution in [0.1, 0.15) is 5.56 Å². The second-order valence-corrected chi connectivity index (χ2v) is 2.94. The largest absolute Gasteiger partial charge is 0.466 e. The fourth-order valence-corrected chi connectivity index (χ4v) is 1.12. The second kappa shape index (κ2) is 4.83. The second-order valence-electron chi connectivity index (χ2n) is 2.94. The lowest BCUT2D eigenvalue weighted by atomic mass is 10.1. The Labute approximate surface area is 90.3 Å². The molecule has 2 nitrogen and oxygen atoms in total. The van der Waals surface area contributed by atoms with Gasteiger partial charge in [0.1, 0.15) is 0 Å². The van der Waals surface area contributed by atoms with Crippen LogP contribution >= 0.6 is 0 Å². The van der Waals surface area contributed by atoms with Crippen LogP contribution in [0.25, 0.3) is 5.57 Å². The normalized spacial score (nSPS) is 12.4. The van der Waals surface area contributed by atoms with Gasteiger partial charge in [-0.05, 0) is 5.56 Å². The highest BCUT2D eigenvalue weighted by Gasteiger charge is 2.35. The molecular weight excluding hydrogens is 221 g/mol. The van der Waals surface area contributed by atoms with Crippen LogP contribution in [-0.2, 0) is 9.53 Å². The van der Waals surface area contributed by atoms with Crippen molar-refractivity contribution in [2.75, 3.05) is 7.11 Å². The fraction of sp³-hybridized carbons (Fsp3) is 0.182. The van der Waals surface area contributed by atoms with Crippen LogP contribution < -0.4 is 0 Å². The summed E-state index contributed by atoms with van der Waals surface area (Å²) in [6.07, 6.45) is -4.15. The summed E-state index contributed by atoms with van der Waals surface area (Å²) in [4.78, 5) is 10.8. The highest BCUT2D eigenvalue weighted by atomic mass is 19.4. The van der Waals surface area contributed by atoms with Crippen molar-refractivity contribution in [2.24, 2.45) is 0 Å². The molecule has 0 saturated heterocycles. The quantitative estimate of drug-likeness (QED) is 0.576. The van der Waals surface area contributed by atoms with Gasteiger partial charge in [0.25, 0.3) is 0 Å². The number of ether oxygens (including phenoxy) is 1. The molecule has 5 heteroatoms. The monoisotopic (exact) mass is 230 g/mol. The third-order valence-electron chi connectivity index (χ3n) is 1.85. The van der Waals surface area contributed by atoms with Crippen LogP contribution in [0.15, 0.2) is 36.4 Å². The Balaban J connectivity index is 3.18. The molecule has 0 atom stereocenters. The number of benzene rings is 1. The van der Waals surface area contributed by atoms with Crippen LogP contribution in [-0.4, -0.2) is 19.3 Å². The molecular formula is C11H9F3O2. The molecule has 0 aromatic heterocycles. The van der Waals surface area contributed by atoms with Gasteiger partial charge in [0, 0.05) is 6.08 Å². The van der Waals surface area contributed by atoms with E-state index in [2.05, 4.69) is 4.74 Å². The lowest BCUT2D eigenvalue weighted by molar-refractivity contribution is -0.135. The van der Waals surface area contributed by atoms with E-state index in [1.807, 2.05) is 0 Å². The molecule has 86 valence electrons. The average molecular weight is 230 g/mol. The molecule has 0 aliphatic heterocycles. The van der Waals surface area contributed by atoms with E-state index in [4.69, 9.17) is 0 Å². The number of esters is 1. The molecule has 1 aromatic carbocycles. The first-order valence-corrected chi connectivity index (χ1v) is 4.37. The van der Waals surface area contributed by atoms with Gasteiger partial charge >= 0.3 is 12.1 Å². The van der Waals surface area contributed by atoms with Gasteiger partial charge in [-0.25, -0.2) is 4.79 Å². The molecule has 0 saturated carbocycles. The number of hydrogen-bond acceptors (Lipinski definition) is 2. The molecule has 0 unspecified atom stereocenters. The number of carbonyl (C=O) groups excluding carboxylic acids is 1. The van der Waals surface area contributed by atoms with Crippen LogP contribution in [0.4, 0.5) is 13.2 Å². The van der Waals surface area contributed by atoms with Gasteiger partial charge in [-0.15, -0.1) is 0 Å². The minimum absolute atomic E-state index is 0.0691. The summed E-state index contributed by atoms with van der Waals surface area (Å²) in [7, 11) is 1.03. The van der Waals surface area contributed by atoms with Crippen molar-refractivity contribution in [2.45, 2.75) is 6.18 Å². The maximum atomic E-state index is 12.6. The van der Waals surface area contributed by atoms with Crippen molar-refractivity contribution in [3.05, 3.63) is 42.0 Å². The zero-order valence-corrected chi connectivity index (χ0v) is 8.41. The minimum atomic E-state index is -4.59. The number of methoxy groups -OCH3 is 1. The number of hydrogen-bond donors (Lipinski definition) is 0.